The Labute approximate surface area is 106 Å². The second-order valence-electron chi connectivity index (χ2n) is 3.93. The molecule has 0 aliphatic rings. The van der Waals surface area contributed by atoms with E-state index in [1.807, 2.05) is 0 Å². The minimum atomic E-state index is 1.14. The van der Waals surface area contributed by atoms with E-state index < -0.39 is 0 Å². The van der Waals surface area contributed by atoms with Gasteiger partial charge < -0.3 is 4.90 Å². The highest BCUT2D eigenvalue weighted by atomic mass is 79.9. The highest BCUT2D eigenvalue weighted by Crippen LogP contribution is 2.07. The van der Waals surface area contributed by atoms with Gasteiger partial charge in [0.05, 0.1) is 0 Å². The second-order valence-corrected chi connectivity index (χ2v) is 5.51. The summed E-state index contributed by atoms with van der Waals surface area (Å²) < 4.78 is 0. The molecule has 1 nitrogen and oxygen atoms in total. The summed E-state index contributed by atoms with van der Waals surface area (Å²) >= 11 is 5.25. The molecule has 0 fully saturated rings. The number of thiophene rings is 1. The average molecular weight is 290 g/mol. The number of halogens is 1. The van der Waals surface area contributed by atoms with Gasteiger partial charge in [-0.25, -0.2) is 0 Å². The van der Waals surface area contributed by atoms with E-state index in [1.165, 1.54) is 44.3 Å². The van der Waals surface area contributed by atoms with Crippen LogP contribution < -0.4 is 0 Å². The van der Waals surface area contributed by atoms with Crippen LogP contribution in [0.4, 0.5) is 0 Å². The Morgan fingerprint density at radius 2 is 2.13 bits per heavy atom. The maximum absolute atomic E-state index is 3.46. The summed E-state index contributed by atoms with van der Waals surface area (Å²) in [4.78, 5) is 2.44. The van der Waals surface area contributed by atoms with Crippen LogP contribution in [0.25, 0.3) is 0 Å². The van der Waals surface area contributed by atoms with Crippen LogP contribution in [0.2, 0.25) is 0 Å². The van der Waals surface area contributed by atoms with E-state index in [1.54, 1.807) is 11.3 Å². The molecule has 0 radical (unpaired) electrons. The third-order valence-corrected chi connectivity index (χ3v) is 3.83. The summed E-state index contributed by atoms with van der Waals surface area (Å²) in [6.45, 7) is 2.42. The van der Waals surface area contributed by atoms with Crippen molar-refractivity contribution >= 4 is 27.3 Å². The van der Waals surface area contributed by atoms with Crippen LogP contribution in [0.3, 0.4) is 0 Å². The Balaban J connectivity index is 2.01. The zero-order chi connectivity index (χ0) is 10.9. The number of rotatable bonds is 8. The van der Waals surface area contributed by atoms with Gasteiger partial charge in [0.2, 0.25) is 0 Å². The first-order valence-electron chi connectivity index (χ1n) is 5.58. The zero-order valence-corrected chi connectivity index (χ0v) is 11.8. The normalized spacial score (nSPS) is 11.1. The molecule has 0 atom stereocenters. The van der Waals surface area contributed by atoms with E-state index in [4.69, 9.17) is 0 Å². The van der Waals surface area contributed by atoms with Crippen molar-refractivity contribution in [3.8, 4) is 0 Å². The number of alkyl halides is 1. The Morgan fingerprint density at radius 1 is 1.27 bits per heavy atom. The SMILES string of the molecule is CN(CCCCCBr)CCc1ccsc1. The van der Waals surface area contributed by atoms with Gasteiger partial charge in [0.15, 0.2) is 0 Å². The van der Waals surface area contributed by atoms with E-state index >= 15 is 0 Å². The molecule has 1 rings (SSSR count). The van der Waals surface area contributed by atoms with E-state index in [0.29, 0.717) is 0 Å². The van der Waals surface area contributed by atoms with Gasteiger partial charge >= 0.3 is 0 Å². The van der Waals surface area contributed by atoms with Gasteiger partial charge in [-0.1, -0.05) is 22.4 Å². The Morgan fingerprint density at radius 3 is 2.80 bits per heavy atom. The summed E-state index contributed by atoms with van der Waals surface area (Å²) in [5, 5.41) is 5.55. The summed E-state index contributed by atoms with van der Waals surface area (Å²) in [5.41, 5.74) is 1.48. The lowest BCUT2D eigenvalue weighted by molar-refractivity contribution is 0.330. The molecule has 0 spiro atoms. The zero-order valence-electron chi connectivity index (χ0n) is 9.42. The number of hydrogen-bond donors (Lipinski definition) is 0. The molecule has 0 amide bonds. The van der Waals surface area contributed by atoms with Gasteiger partial charge in [-0.2, -0.15) is 11.3 Å². The number of hydrogen-bond acceptors (Lipinski definition) is 2. The van der Waals surface area contributed by atoms with Crippen molar-refractivity contribution in [3.05, 3.63) is 22.4 Å². The monoisotopic (exact) mass is 289 g/mol. The molecule has 0 N–H and O–H groups in total. The largest absolute Gasteiger partial charge is 0.306 e. The Kier molecular flexibility index (Phi) is 7.32. The predicted molar refractivity (Wildman–Crippen MR) is 73.2 cm³/mol. The standard InChI is InChI=1S/C12H20BrNS/c1-14(8-4-2-3-7-13)9-5-12-6-10-15-11-12/h6,10-11H,2-5,7-9H2,1H3. The molecule has 0 saturated carbocycles. The minimum absolute atomic E-state index is 1.14. The van der Waals surface area contributed by atoms with Gasteiger partial charge in [0.1, 0.15) is 0 Å². The van der Waals surface area contributed by atoms with Crippen LogP contribution in [-0.2, 0) is 6.42 Å². The number of nitrogens with zero attached hydrogens (tertiary/aromatic N) is 1. The smallest absolute Gasteiger partial charge is 0.00313 e. The second kappa shape index (κ2) is 8.31. The van der Waals surface area contributed by atoms with Crippen LogP contribution in [0.5, 0.6) is 0 Å². The van der Waals surface area contributed by atoms with Crippen molar-refractivity contribution in [3.63, 3.8) is 0 Å². The lowest BCUT2D eigenvalue weighted by Gasteiger charge is -2.15. The number of likely N-dealkylation sites (N-methyl/N-ethyl adjacent to an activating group) is 1. The van der Waals surface area contributed by atoms with Crippen LogP contribution in [0.15, 0.2) is 16.8 Å². The molecule has 1 aromatic rings. The van der Waals surface area contributed by atoms with Gasteiger partial charge in [0, 0.05) is 11.9 Å². The minimum Gasteiger partial charge on any atom is -0.306 e. The highest BCUT2D eigenvalue weighted by Gasteiger charge is 1.99. The van der Waals surface area contributed by atoms with Crippen molar-refractivity contribution in [1.82, 2.24) is 4.90 Å². The van der Waals surface area contributed by atoms with Gasteiger partial charge in [-0.3, -0.25) is 0 Å². The molecule has 0 unspecified atom stereocenters. The molecule has 0 bridgehead atoms. The average Bonchev–Trinajstić information content (AvgIpc) is 2.74. The van der Waals surface area contributed by atoms with E-state index in [9.17, 15) is 0 Å². The summed E-state index contributed by atoms with van der Waals surface area (Å²) in [6.07, 6.45) is 5.16. The predicted octanol–water partition coefficient (Wildman–Crippen LogP) is 3.79. The fourth-order valence-corrected chi connectivity index (χ4v) is 2.62. The molecule has 3 heteroatoms. The quantitative estimate of drug-likeness (QED) is 0.520. The van der Waals surface area contributed by atoms with E-state index in [2.05, 4.69) is 44.7 Å². The topological polar surface area (TPSA) is 3.24 Å². The molecule has 1 aromatic heterocycles. The Hall–Kier alpha value is 0.140. The molecule has 0 aromatic carbocycles. The van der Waals surface area contributed by atoms with Crippen molar-refractivity contribution in [2.45, 2.75) is 25.7 Å². The lowest BCUT2D eigenvalue weighted by atomic mass is 10.2. The van der Waals surface area contributed by atoms with Gasteiger partial charge in [-0.05, 0) is 55.2 Å². The van der Waals surface area contributed by atoms with Crippen LogP contribution >= 0.6 is 27.3 Å². The Bertz CT molecular complexity index is 236. The molecule has 0 aliphatic carbocycles. The number of unbranched alkanes of at least 4 members (excludes halogenated alkanes) is 2. The van der Waals surface area contributed by atoms with Crippen LogP contribution in [0.1, 0.15) is 24.8 Å². The molecular weight excluding hydrogens is 270 g/mol. The molecule has 0 saturated heterocycles. The maximum Gasteiger partial charge on any atom is 0.00313 e. The van der Waals surface area contributed by atoms with Crippen molar-refractivity contribution in [2.24, 2.45) is 0 Å². The van der Waals surface area contributed by atoms with Crippen molar-refractivity contribution < 1.29 is 0 Å². The summed E-state index contributed by atoms with van der Waals surface area (Å²) in [6, 6.07) is 2.23. The molecular formula is C12H20BrNS. The first-order chi connectivity index (χ1) is 7.33. The first-order valence-corrected chi connectivity index (χ1v) is 7.65. The molecule has 86 valence electrons. The van der Waals surface area contributed by atoms with Gasteiger partial charge in [-0.15, -0.1) is 0 Å². The maximum atomic E-state index is 3.46. The summed E-state index contributed by atoms with van der Waals surface area (Å²) in [5.74, 6) is 0. The summed E-state index contributed by atoms with van der Waals surface area (Å²) in [7, 11) is 2.22. The van der Waals surface area contributed by atoms with Crippen LogP contribution in [-0.4, -0.2) is 30.4 Å². The third kappa shape index (κ3) is 6.33. The van der Waals surface area contributed by atoms with Crippen LogP contribution in [0, 0.1) is 0 Å². The fraction of sp³-hybridized carbons (Fsp3) is 0.667. The van der Waals surface area contributed by atoms with Crippen molar-refractivity contribution in [2.75, 3.05) is 25.5 Å². The molecule has 15 heavy (non-hydrogen) atoms. The fourth-order valence-electron chi connectivity index (χ4n) is 1.52. The van der Waals surface area contributed by atoms with E-state index in [-0.39, 0.29) is 0 Å². The lowest BCUT2D eigenvalue weighted by Crippen LogP contribution is -2.22. The van der Waals surface area contributed by atoms with Gasteiger partial charge in [0.25, 0.3) is 0 Å². The highest BCUT2D eigenvalue weighted by molar-refractivity contribution is 9.09. The third-order valence-electron chi connectivity index (χ3n) is 2.54. The van der Waals surface area contributed by atoms with Crippen molar-refractivity contribution in [1.29, 1.82) is 0 Å². The van der Waals surface area contributed by atoms with E-state index in [0.717, 1.165) is 5.33 Å². The first kappa shape index (κ1) is 13.2. The molecule has 1 heterocycles. The molecule has 0 aliphatic heterocycles.